The first-order valence-corrected chi connectivity index (χ1v) is 10.0. The van der Waals surface area contributed by atoms with Crippen molar-refractivity contribution in [1.29, 1.82) is 0 Å². The lowest BCUT2D eigenvalue weighted by Crippen LogP contribution is -2.50. The molecule has 0 spiro atoms. The van der Waals surface area contributed by atoms with E-state index in [-0.39, 0.29) is 41.8 Å². The van der Waals surface area contributed by atoms with Crippen LogP contribution in [0.5, 0.6) is 5.75 Å². The number of carbonyl (C=O) groups is 1. The van der Waals surface area contributed by atoms with Gasteiger partial charge in [0.05, 0.1) is 16.2 Å². The number of aromatic hydroxyl groups is 1. The van der Waals surface area contributed by atoms with Crippen molar-refractivity contribution in [2.75, 3.05) is 6.54 Å². The van der Waals surface area contributed by atoms with Crippen LogP contribution in [0.1, 0.15) is 40.9 Å². The summed E-state index contributed by atoms with van der Waals surface area (Å²) in [4.78, 5) is 12.7. The van der Waals surface area contributed by atoms with Crippen molar-refractivity contribution >= 4 is 23.9 Å². The minimum absolute atomic E-state index is 0. The molecule has 6 nitrogen and oxygen atoms in total. The lowest BCUT2D eigenvalue weighted by Gasteiger charge is -2.29. The SMILES string of the molecule is Cl.[2H]c1c(C2=CC(CC=C)=CC(NC(=O)C(N)CCCCN)C2([2H])O)cc(CC=C)c(O)c1[2H]. The van der Waals surface area contributed by atoms with Crippen molar-refractivity contribution in [2.45, 2.75) is 50.3 Å². The molecule has 0 saturated carbocycles. The van der Waals surface area contributed by atoms with Gasteiger partial charge in [-0.15, -0.1) is 25.6 Å². The number of rotatable bonds is 11. The summed E-state index contributed by atoms with van der Waals surface area (Å²) in [5.41, 5.74) is 12.6. The first-order chi connectivity index (χ1) is 15.6. The Kier molecular flexibility index (Phi) is 9.24. The number of nitrogens with one attached hydrogen (secondary N) is 1. The number of halogens is 1. The van der Waals surface area contributed by atoms with Crippen LogP contribution in [0, 0.1) is 0 Å². The van der Waals surface area contributed by atoms with E-state index in [1.807, 2.05) is 0 Å². The summed E-state index contributed by atoms with van der Waals surface area (Å²) in [7, 11) is 0. The second-order valence-corrected chi connectivity index (χ2v) is 7.23. The molecule has 170 valence electrons. The van der Waals surface area contributed by atoms with Crippen molar-refractivity contribution in [1.82, 2.24) is 5.32 Å². The average molecular weight is 451 g/mol. The van der Waals surface area contributed by atoms with Gasteiger partial charge in [0, 0.05) is 0 Å². The molecular formula is C24H34ClN3O3. The van der Waals surface area contributed by atoms with Gasteiger partial charge in [-0.1, -0.05) is 36.8 Å². The van der Waals surface area contributed by atoms with Gasteiger partial charge < -0.3 is 27.0 Å². The fourth-order valence-electron chi connectivity index (χ4n) is 3.23. The third-order valence-corrected chi connectivity index (χ3v) is 4.86. The fraction of sp³-hybridized carbons (Fsp3) is 0.375. The maximum absolute atomic E-state index is 12.7. The van der Waals surface area contributed by atoms with Crippen molar-refractivity contribution in [2.24, 2.45) is 11.5 Å². The van der Waals surface area contributed by atoms with Crippen LogP contribution < -0.4 is 16.8 Å². The molecule has 3 unspecified atom stereocenters. The number of allylic oxidation sites excluding steroid dienone is 4. The Labute approximate surface area is 195 Å². The minimum atomic E-state index is -2.35. The van der Waals surface area contributed by atoms with Gasteiger partial charge in [-0.25, -0.2) is 0 Å². The molecule has 1 aliphatic carbocycles. The number of nitrogens with two attached hydrogens (primary N) is 2. The maximum Gasteiger partial charge on any atom is 0.237 e. The van der Waals surface area contributed by atoms with Crippen LogP contribution in [0.3, 0.4) is 0 Å². The Morgan fingerprint density at radius 3 is 2.68 bits per heavy atom. The molecule has 0 aromatic heterocycles. The van der Waals surface area contributed by atoms with Gasteiger partial charge >= 0.3 is 0 Å². The Balaban J connectivity index is 0.00000578. The third-order valence-electron chi connectivity index (χ3n) is 4.86. The van der Waals surface area contributed by atoms with Gasteiger partial charge in [-0.2, -0.15) is 0 Å². The molecule has 0 saturated heterocycles. The van der Waals surface area contributed by atoms with E-state index < -0.39 is 30.1 Å². The predicted molar refractivity (Wildman–Crippen MR) is 129 cm³/mol. The summed E-state index contributed by atoms with van der Waals surface area (Å²) < 4.78 is 25.2. The number of hydrogen-bond acceptors (Lipinski definition) is 5. The number of carbonyl (C=O) groups excluding carboxylic acids is 1. The van der Waals surface area contributed by atoms with E-state index in [4.69, 9.17) is 15.6 Å². The van der Waals surface area contributed by atoms with Crippen molar-refractivity contribution in [3.05, 3.63) is 72.3 Å². The van der Waals surface area contributed by atoms with E-state index in [1.54, 1.807) is 24.3 Å². The first-order valence-electron chi connectivity index (χ1n) is 11.5. The highest BCUT2D eigenvalue weighted by molar-refractivity contribution is 5.85. The molecule has 3 atom stereocenters. The molecule has 31 heavy (non-hydrogen) atoms. The fourth-order valence-corrected chi connectivity index (χ4v) is 3.23. The Hall–Kier alpha value is -2.38. The molecule has 0 bridgehead atoms. The Morgan fingerprint density at radius 2 is 2.03 bits per heavy atom. The highest BCUT2D eigenvalue weighted by atomic mass is 35.5. The van der Waals surface area contributed by atoms with Crippen molar-refractivity contribution in [3.8, 4) is 5.75 Å². The number of aliphatic hydroxyl groups is 1. The molecule has 1 aromatic rings. The number of unbranched alkanes of at least 4 members (excludes halogenated alkanes) is 1. The van der Waals surface area contributed by atoms with Crippen molar-refractivity contribution in [3.63, 3.8) is 0 Å². The van der Waals surface area contributed by atoms with Gasteiger partial charge in [-0.05, 0) is 66.6 Å². The first kappa shape index (κ1) is 21.8. The van der Waals surface area contributed by atoms with Crippen molar-refractivity contribution < 1.29 is 19.1 Å². The van der Waals surface area contributed by atoms with Crippen LogP contribution in [0.25, 0.3) is 5.57 Å². The Morgan fingerprint density at radius 1 is 1.32 bits per heavy atom. The number of amides is 1. The zero-order chi connectivity index (χ0) is 24.8. The zero-order valence-electron chi connectivity index (χ0n) is 20.6. The topological polar surface area (TPSA) is 122 Å². The minimum Gasteiger partial charge on any atom is -0.508 e. The lowest BCUT2D eigenvalue weighted by atomic mass is 9.86. The monoisotopic (exact) mass is 450 g/mol. The molecular weight excluding hydrogens is 414 g/mol. The molecule has 7 heteroatoms. The van der Waals surface area contributed by atoms with Crippen LogP contribution in [-0.2, 0) is 11.2 Å². The van der Waals surface area contributed by atoms with E-state index in [1.165, 1.54) is 6.07 Å². The standard InChI is InChI=1S/C24H33N3O3.ClH/c1-3-7-16-13-19(17-10-11-22(28)18(15-17)8-4-2)23(29)21(14-16)27-24(30)20(26)9-5-6-12-25;/h3-4,10-11,13-15,20-21,23,28-29H,1-2,5-9,12,25-26H2,(H,27,30);1H/i10D,11D,23D;. The number of hydrogen-bond donors (Lipinski definition) is 5. The van der Waals surface area contributed by atoms with Gasteiger partial charge in [0.1, 0.15) is 11.8 Å². The second kappa shape index (κ2) is 13.1. The number of benzene rings is 1. The molecule has 1 amide bonds. The maximum atomic E-state index is 12.7. The summed E-state index contributed by atoms with van der Waals surface area (Å²) in [6.07, 6.45) is 6.43. The number of phenolic OH excluding ortho intramolecular Hbond substituents is 1. The molecule has 0 radical (unpaired) electrons. The molecule has 0 fully saturated rings. The summed E-state index contributed by atoms with van der Waals surface area (Å²) >= 11 is 0. The van der Waals surface area contributed by atoms with E-state index in [0.717, 1.165) is 6.42 Å². The quantitative estimate of drug-likeness (QED) is 0.262. The molecule has 7 N–H and O–H groups in total. The van der Waals surface area contributed by atoms with Crippen LogP contribution >= 0.6 is 12.4 Å². The largest absolute Gasteiger partial charge is 0.508 e. The zero-order valence-corrected chi connectivity index (χ0v) is 18.4. The van der Waals surface area contributed by atoms with Crippen LogP contribution in [0.2, 0.25) is 0 Å². The molecule has 0 aliphatic heterocycles. The van der Waals surface area contributed by atoms with Crippen LogP contribution in [-0.4, -0.2) is 40.8 Å². The highest BCUT2D eigenvalue weighted by Crippen LogP contribution is 2.31. The predicted octanol–water partition coefficient (Wildman–Crippen LogP) is 2.74. The van der Waals surface area contributed by atoms with Crippen LogP contribution in [0.4, 0.5) is 0 Å². The average Bonchev–Trinajstić information content (AvgIpc) is 2.76. The van der Waals surface area contributed by atoms with Gasteiger partial charge in [-0.3, -0.25) is 4.79 Å². The normalized spacial score (nSPS) is 22.5. The summed E-state index contributed by atoms with van der Waals surface area (Å²) in [6, 6.07) is -1.25. The second-order valence-electron chi connectivity index (χ2n) is 7.23. The lowest BCUT2D eigenvalue weighted by molar-refractivity contribution is -0.123. The highest BCUT2D eigenvalue weighted by Gasteiger charge is 2.29. The molecule has 1 aliphatic rings. The molecule has 1 aromatic carbocycles. The van der Waals surface area contributed by atoms with E-state index in [9.17, 15) is 15.0 Å². The summed E-state index contributed by atoms with van der Waals surface area (Å²) in [6.45, 7) is 7.86. The third kappa shape index (κ3) is 7.36. The smallest absolute Gasteiger partial charge is 0.237 e. The summed E-state index contributed by atoms with van der Waals surface area (Å²) in [5.74, 6) is -0.854. The summed E-state index contributed by atoms with van der Waals surface area (Å²) in [5, 5.41) is 24.1. The molecule has 2 rings (SSSR count). The van der Waals surface area contributed by atoms with Gasteiger partial charge in [0.15, 0.2) is 0 Å². The van der Waals surface area contributed by atoms with Gasteiger partial charge in [0.2, 0.25) is 5.91 Å². The van der Waals surface area contributed by atoms with E-state index >= 15 is 0 Å². The Bertz CT molecular complexity index is 980. The van der Waals surface area contributed by atoms with E-state index in [2.05, 4.69) is 18.5 Å². The number of phenols is 1. The molecule has 0 heterocycles. The van der Waals surface area contributed by atoms with Gasteiger partial charge in [0.25, 0.3) is 0 Å². The van der Waals surface area contributed by atoms with Crippen LogP contribution in [0.15, 0.2) is 61.2 Å². The van der Waals surface area contributed by atoms with E-state index in [0.29, 0.717) is 36.9 Å².